The zero-order valence-electron chi connectivity index (χ0n) is 18.9. The van der Waals surface area contributed by atoms with Gasteiger partial charge in [0.2, 0.25) is 0 Å². The van der Waals surface area contributed by atoms with Crippen LogP contribution in [0.3, 0.4) is 0 Å². The van der Waals surface area contributed by atoms with Gasteiger partial charge >= 0.3 is 5.97 Å². The summed E-state index contributed by atoms with van der Waals surface area (Å²) in [4.78, 5) is 10.9. The number of aromatic nitrogens is 2. The third-order valence-electron chi connectivity index (χ3n) is 5.83. The summed E-state index contributed by atoms with van der Waals surface area (Å²) in [6, 6.07) is 20.4. The average Bonchev–Trinajstić information content (AvgIpc) is 3.30. The number of benzene rings is 3. The molecule has 33 heavy (non-hydrogen) atoms. The number of methoxy groups -OCH3 is 1. The lowest BCUT2D eigenvalue weighted by Crippen LogP contribution is -1.98. The largest absolute Gasteiger partial charge is 0.496 e. The lowest BCUT2D eigenvalue weighted by atomic mass is 9.86. The first kappa shape index (κ1) is 22.1. The van der Waals surface area contributed by atoms with Gasteiger partial charge in [0.1, 0.15) is 5.75 Å². The molecular formula is C28H26N2O3. The Bertz CT molecular complexity index is 1360. The molecule has 2 N–H and O–H groups in total. The van der Waals surface area contributed by atoms with Crippen molar-refractivity contribution in [2.24, 2.45) is 0 Å². The Morgan fingerprint density at radius 2 is 1.85 bits per heavy atom. The number of rotatable bonds is 7. The third kappa shape index (κ3) is 4.58. The van der Waals surface area contributed by atoms with Gasteiger partial charge in [0.15, 0.2) is 0 Å². The van der Waals surface area contributed by atoms with Crippen molar-refractivity contribution in [2.75, 3.05) is 7.11 Å². The highest BCUT2D eigenvalue weighted by Crippen LogP contribution is 2.38. The second-order valence-electron chi connectivity index (χ2n) is 7.81. The Kier molecular flexibility index (Phi) is 6.41. The predicted molar refractivity (Wildman–Crippen MR) is 133 cm³/mol. The Morgan fingerprint density at radius 3 is 2.55 bits per heavy atom. The minimum Gasteiger partial charge on any atom is -0.496 e. The van der Waals surface area contributed by atoms with Crippen molar-refractivity contribution >= 4 is 34.1 Å². The van der Waals surface area contributed by atoms with Gasteiger partial charge in [0.25, 0.3) is 0 Å². The van der Waals surface area contributed by atoms with Crippen LogP contribution in [0.15, 0.2) is 72.9 Å². The Morgan fingerprint density at radius 1 is 1.09 bits per heavy atom. The quantitative estimate of drug-likeness (QED) is 0.260. The first-order chi connectivity index (χ1) is 16.0. The van der Waals surface area contributed by atoms with E-state index in [1.54, 1.807) is 13.2 Å². The van der Waals surface area contributed by atoms with E-state index >= 15 is 0 Å². The number of allylic oxidation sites excluding steroid dienone is 1. The van der Waals surface area contributed by atoms with Gasteiger partial charge in [-0.25, -0.2) is 4.79 Å². The molecule has 0 unspecified atom stereocenters. The molecule has 0 aliphatic carbocycles. The highest BCUT2D eigenvalue weighted by Gasteiger charge is 2.17. The molecule has 0 amide bonds. The van der Waals surface area contributed by atoms with Crippen molar-refractivity contribution in [3.05, 3.63) is 101 Å². The van der Waals surface area contributed by atoms with Gasteiger partial charge in [-0.2, -0.15) is 5.10 Å². The molecule has 0 aliphatic rings. The van der Waals surface area contributed by atoms with Crippen LogP contribution in [0.1, 0.15) is 41.2 Å². The average molecular weight is 439 g/mol. The molecule has 5 nitrogen and oxygen atoms in total. The SMILES string of the molecule is CC/C(=C(/c1ccc(/C=C/C(=O)O)cc1)c1ccc2[nH]ncc2c1)c1cccc(OC)c1C. The first-order valence-corrected chi connectivity index (χ1v) is 10.8. The number of carboxylic acids is 1. The monoisotopic (exact) mass is 438 g/mol. The van der Waals surface area contributed by atoms with E-state index in [2.05, 4.69) is 42.2 Å². The van der Waals surface area contributed by atoms with Crippen molar-refractivity contribution in [2.45, 2.75) is 20.3 Å². The summed E-state index contributed by atoms with van der Waals surface area (Å²) in [6.07, 6.45) is 5.40. The van der Waals surface area contributed by atoms with Crippen LogP contribution in [0, 0.1) is 6.92 Å². The molecule has 0 spiro atoms. The summed E-state index contributed by atoms with van der Waals surface area (Å²) < 4.78 is 5.59. The lowest BCUT2D eigenvalue weighted by Gasteiger charge is -2.19. The molecule has 0 saturated carbocycles. The molecule has 0 aliphatic heterocycles. The van der Waals surface area contributed by atoms with Crippen LogP contribution >= 0.6 is 0 Å². The number of carboxylic acid groups (broad SMARTS) is 1. The maximum atomic E-state index is 10.9. The fraction of sp³-hybridized carbons (Fsp3) is 0.143. The van der Waals surface area contributed by atoms with E-state index in [4.69, 9.17) is 9.84 Å². The van der Waals surface area contributed by atoms with Crippen LogP contribution in [0.2, 0.25) is 0 Å². The second-order valence-corrected chi connectivity index (χ2v) is 7.81. The second kappa shape index (κ2) is 9.57. The van der Waals surface area contributed by atoms with Crippen LogP contribution in [0.25, 0.3) is 28.1 Å². The number of hydrogen-bond acceptors (Lipinski definition) is 3. The molecule has 4 aromatic rings. The third-order valence-corrected chi connectivity index (χ3v) is 5.83. The number of aliphatic carboxylic acids is 1. The summed E-state index contributed by atoms with van der Waals surface area (Å²) in [5, 5.41) is 17.2. The molecule has 5 heteroatoms. The van der Waals surface area contributed by atoms with Crippen molar-refractivity contribution < 1.29 is 14.6 Å². The first-order valence-electron chi connectivity index (χ1n) is 10.8. The predicted octanol–water partition coefficient (Wildman–Crippen LogP) is 6.35. The molecule has 1 aromatic heterocycles. The molecule has 4 rings (SSSR count). The van der Waals surface area contributed by atoms with E-state index in [1.165, 1.54) is 5.57 Å². The summed E-state index contributed by atoms with van der Waals surface area (Å²) in [5.41, 5.74) is 8.56. The zero-order chi connectivity index (χ0) is 23.4. The number of ether oxygens (including phenoxy) is 1. The van der Waals surface area contributed by atoms with Crippen LogP contribution in [-0.2, 0) is 4.79 Å². The standard InChI is InChI=1S/C28H26N2O3/c1-4-23(24-6-5-7-26(33-3)18(24)2)28(21-13-14-25-22(16-21)17-29-30-25)20-11-8-19(9-12-20)10-15-27(31)32/h5-17H,4H2,1-3H3,(H,29,30)(H,31,32)/b15-10+,28-23+. The molecule has 0 radical (unpaired) electrons. The topological polar surface area (TPSA) is 75.2 Å². The summed E-state index contributed by atoms with van der Waals surface area (Å²) in [6.45, 7) is 4.25. The number of nitrogens with zero attached hydrogens (tertiary/aromatic N) is 1. The van der Waals surface area contributed by atoms with E-state index in [0.717, 1.165) is 62.5 Å². The number of fused-ring (bicyclic) bond motifs is 1. The molecule has 0 atom stereocenters. The highest BCUT2D eigenvalue weighted by molar-refractivity contribution is 6.01. The molecule has 3 aromatic carbocycles. The summed E-state index contributed by atoms with van der Waals surface area (Å²) in [7, 11) is 1.69. The maximum Gasteiger partial charge on any atom is 0.328 e. The van der Waals surface area contributed by atoms with Crippen LogP contribution < -0.4 is 4.74 Å². The van der Waals surface area contributed by atoms with Gasteiger partial charge in [-0.3, -0.25) is 5.10 Å². The number of aromatic amines is 1. The molecule has 166 valence electrons. The van der Waals surface area contributed by atoms with Crippen molar-refractivity contribution in [1.82, 2.24) is 10.2 Å². The minimum absolute atomic E-state index is 0.827. The maximum absolute atomic E-state index is 10.9. The lowest BCUT2D eigenvalue weighted by molar-refractivity contribution is -0.131. The van der Waals surface area contributed by atoms with Crippen molar-refractivity contribution in [1.29, 1.82) is 0 Å². The molecule has 0 fully saturated rings. The number of H-pyrrole nitrogens is 1. The van der Waals surface area contributed by atoms with Gasteiger partial charge in [-0.05, 0) is 76.6 Å². The zero-order valence-corrected chi connectivity index (χ0v) is 18.9. The van der Waals surface area contributed by atoms with Gasteiger partial charge in [0.05, 0.1) is 18.8 Å². The molecular weight excluding hydrogens is 412 g/mol. The van der Waals surface area contributed by atoms with Gasteiger partial charge < -0.3 is 9.84 Å². The van der Waals surface area contributed by atoms with E-state index in [-0.39, 0.29) is 0 Å². The smallest absolute Gasteiger partial charge is 0.328 e. The van der Waals surface area contributed by atoms with E-state index < -0.39 is 5.97 Å². The highest BCUT2D eigenvalue weighted by atomic mass is 16.5. The van der Waals surface area contributed by atoms with Gasteiger partial charge in [0, 0.05) is 11.5 Å². The molecule has 0 saturated heterocycles. The number of hydrogen-bond donors (Lipinski definition) is 2. The molecule has 0 bridgehead atoms. The van der Waals surface area contributed by atoms with Gasteiger partial charge in [-0.15, -0.1) is 0 Å². The fourth-order valence-corrected chi connectivity index (χ4v) is 4.21. The van der Waals surface area contributed by atoms with Crippen LogP contribution in [0.5, 0.6) is 5.75 Å². The number of nitrogens with one attached hydrogen (secondary N) is 1. The molecule has 1 heterocycles. The van der Waals surface area contributed by atoms with Crippen LogP contribution in [-0.4, -0.2) is 28.4 Å². The van der Waals surface area contributed by atoms with E-state index in [9.17, 15) is 4.79 Å². The van der Waals surface area contributed by atoms with E-state index in [0.29, 0.717) is 0 Å². The van der Waals surface area contributed by atoms with Crippen molar-refractivity contribution in [3.8, 4) is 5.75 Å². The van der Waals surface area contributed by atoms with Crippen LogP contribution in [0.4, 0.5) is 0 Å². The van der Waals surface area contributed by atoms with E-state index in [1.807, 2.05) is 48.7 Å². The normalized spacial score (nSPS) is 12.2. The fourth-order valence-electron chi connectivity index (χ4n) is 4.21. The van der Waals surface area contributed by atoms with Crippen molar-refractivity contribution in [3.63, 3.8) is 0 Å². The van der Waals surface area contributed by atoms with Gasteiger partial charge in [-0.1, -0.05) is 49.4 Å². The number of carbonyl (C=O) groups is 1. The minimum atomic E-state index is -0.963. The Balaban J connectivity index is 1.95. The Labute approximate surface area is 193 Å². The summed E-state index contributed by atoms with van der Waals surface area (Å²) >= 11 is 0. The Hall–Kier alpha value is -4.12. The summed E-state index contributed by atoms with van der Waals surface area (Å²) in [5.74, 6) is -0.105.